The average molecular weight is 1150 g/mol. The van der Waals surface area contributed by atoms with Crippen LogP contribution in [0, 0.1) is 0 Å². The van der Waals surface area contributed by atoms with Crippen molar-refractivity contribution < 1.29 is 37.6 Å². The van der Waals surface area contributed by atoms with Crippen molar-refractivity contribution in [3.63, 3.8) is 0 Å². The molecule has 468 valence electrons. The molecule has 0 fully saturated rings. The van der Waals surface area contributed by atoms with Crippen molar-refractivity contribution in [3.8, 4) is 0 Å². The molecule has 0 bridgehead atoms. The number of phosphoric acid groups is 1. The van der Waals surface area contributed by atoms with Gasteiger partial charge in [-0.15, -0.1) is 0 Å². The minimum absolute atomic E-state index is 0.0423. The number of rotatable bonds is 63. The van der Waals surface area contributed by atoms with Crippen molar-refractivity contribution in [1.82, 2.24) is 0 Å². The highest BCUT2D eigenvalue weighted by molar-refractivity contribution is 7.47. The van der Waals surface area contributed by atoms with Crippen molar-refractivity contribution >= 4 is 19.8 Å². The smallest absolute Gasteiger partial charge is 0.462 e. The van der Waals surface area contributed by atoms with E-state index in [2.05, 4.69) is 111 Å². The first-order valence-corrected chi connectivity index (χ1v) is 35.2. The number of carbonyl (C=O) groups is 2. The summed E-state index contributed by atoms with van der Waals surface area (Å²) in [6.07, 6.45) is 89.4. The lowest BCUT2D eigenvalue weighted by Crippen LogP contribution is -2.29. The SMILES string of the molecule is CC/C=C\C/C=C\C/C=C\C/C=C\C/C=C\C/C=C\C/C=C\C/C=C\CCCCC(=O)OC(COC(=O)CCCCCCCCCCCCCCCCCCCCCCCCCCCCCCCCCCC)COP(=O)(O)OCCN. The van der Waals surface area contributed by atoms with Crippen LogP contribution in [0.25, 0.3) is 0 Å². The molecule has 0 heterocycles. The van der Waals surface area contributed by atoms with Gasteiger partial charge in [-0.2, -0.15) is 0 Å². The van der Waals surface area contributed by atoms with Crippen molar-refractivity contribution in [2.75, 3.05) is 26.4 Å². The van der Waals surface area contributed by atoms with Crippen molar-refractivity contribution in [2.45, 2.75) is 315 Å². The Morgan fingerprint density at radius 3 is 1.01 bits per heavy atom. The molecule has 0 aromatic rings. The molecule has 0 aromatic carbocycles. The van der Waals surface area contributed by atoms with Crippen molar-refractivity contribution in [2.24, 2.45) is 5.73 Å². The van der Waals surface area contributed by atoms with Gasteiger partial charge in [0.1, 0.15) is 6.61 Å². The van der Waals surface area contributed by atoms with Gasteiger partial charge in [0.05, 0.1) is 13.2 Å². The number of carbonyl (C=O) groups excluding carboxylic acids is 2. The monoisotopic (exact) mass is 1150 g/mol. The van der Waals surface area contributed by atoms with Crippen LogP contribution in [0.15, 0.2) is 97.2 Å². The molecule has 0 aromatic heterocycles. The van der Waals surface area contributed by atoms with E-state index >= 15 is 0 Å². The third kappa shape index (κ3) is 65.9. The third-order valence-corrected chi connectivity index (χ3v) is 15.5. The molecular formula is C71H126NO8P. The van der Waals surface area contributed by atoms with Crippen molar-refractivity contribution in [1.29, 1.82) is 0 Å². The summed E-state index contributed by atoms with van der Waals surface area (Å²) >= 11 is 0. The van der Waals surface area contributed by atoms with Crippen molar-refractivity contribution in [3.05, 3.63) is 97.2 Å². The first kappa shape index (κ1) is 77.9. The molecule has 0 aliphatic heterocycles. The molecule has 0 spiro atoms. The van der Waals surface area contributed by atoms with Gasteiger partial charge in [-0.05, 0) is 77.0 Å². The second kappa shape index (κ2) is 66.1. The second-order valence-electron chi connectivity index (χ2n) is 22.3. The van der Waals surface area contributed by atoms with Crippen LogP contribution in [0.1, 0.15) is 309 Å². The third-order valence-electron chi connectivity index (χ3n) is 14.5. The Kier molecular flexibility index (Phi) is 63.6. The first-order chi connectivity index (χ1) is 39.8. The first-order valence-electron chi connectivity index (χ1n) is 33.7. The Morgan fingerprint density at radius 2 is 0.679 bits per heavy atom. The zero-order chi connectivity index (χ0) is 58.7. The van der Waals surface area contributed by atoms with Crippen LogP contribution in [-0.2, 0) is 32.7 Å². The maximum atomic E-state index is 12.7. The number of unbranched alkanes of at least 4 members (excludes halogenated alkanes) is 34. The number of nitrogens with two attached hydrogens (primary N) is 1. The number of hydrogen-bond acceptors (Lipinski definition) is 8. The quantitative estimate of drug-likeness (QED) is 0.0264. The Labute approximate surface area is 499 Å². The van der Waals surface area contributed by atoms with Gasteiger partial charge in [-0.1, -0.05) is 317 Å². The lowest BCUT2D eigenvalue weighted by molar-refractivity contribution is -0.161. The molecule has 2 atom stereocenters. The van der Waals surface area contributed by atoms with E-state index in [-0.39, 0.29) is 32.6 Å². The standard InChI is InChI=1S/C71H126NO8P/c1-3-5-7-9-11-13-15-17-19-21-23-25-27-29-31-32-33-34-35-36-38-39-41-43-45-47-49-51-53-55-57-59-61-63-70(73)77-67-69(68-79-81(75,76)78-66-65-72)80-71(74)64-62-60-58-56-54-52-50-48-46-44-42-40-37-30-28-26-24-22-20-18-16-14-12-10-8-6-4-2/h6,8,12,14,18,20,24,26,30,37,42,44,48,50,54,56,69H,3-5,7,9-11,13,15-17,19,21-23,25,27-29,31-36,38-41,43,45-47,49,51-53,55,57-68,72H2,1-2H3,(H,75,76)/b8-6-,14-12-,20-18-,26-24-,37-30-,44-42-,50-48-,56-54-. The molecule has 0 saturated heterocycles. The fourth-order valence-corrected chi connectivity index (χ4v) is 10.3. The lowest BCUT2D eigenvalue weighted by Gasteiger charge is -2.19. The molecule has 0 aliphatic rings. The molecule has 3 N–H and O–H groups in total. The molecule has 0 saturated carbocycles. The Bertz CT molecular complexity index is 1650. The highest BCUT2D eigenvalue weighted by atomic mass is 31.2. The average Bonchev–Trinajstić information content (AvgIpc) is 3.46. The van der Waals surface area contributed by atoms with Crippen LogP contribution in [0.3, 0.4) is 0 Å². The molecule has 81 heavy (non-hydrogen) atoms. The van der Waals surface area contributed by atoms with Gasteiger partial charge in [0.25, 0.3) is 0 Å². The number of hydrogen-bond donors (Lipinski definition) is 2. The predicted molar refractivity (Wildman–Crippen MR) is 348 cm³/mol. The zero-order valence-corrected chi connectivity index (χ0v) is 53.4. The fourth-order valence-electron chi connectivity index (χ4n) is 9.54. The van der Waals surface area contributed by atoms with Crippen LogP contribution in [0.4, 0.5) is 0 Å². The summed E-state index contributed by atoms with van der Waals surface area (Å²) in [4.78, 5) is 35.3. The van der Waals surface area contributed by atoms with Crippen LogP contribution in [0.5, 0.6) is 0 Å². The summed E-state index contributed by atoms with van der Waals surface area (Å²) in [5.74, 6) is -0.873. The molecule has 0 amide bonds. The lowest BCUT2D eigenvalue weighted by atomic mass is 10.0. The summed E-state index contributed by atoms with van der Waals surface area (Å²) in [5.41, 5.74) is 5.39. The molecule has 9 nitrogen and oxygen atoms in total. The van der Waals surface area contributed by atoms with Crippen LogP contribution in [-0.4, -0.2) is 49.3 Å². The fraction of sp³-hybridized carbons (Fsp3) is 0.746. The largest absolute Gasteiger partial charge is 0.472 e. The van der Waals surface area contributed by atoms with Gasteiger partial charge in [0.15, 0.2) is 6.10 Å². The maximum Gasteiger partial charge on any atom is 0.472 e. The van der Waals surface area contributed by atoms with Gasteiger partial charge in [-0.25, -0.2) is 4.57 Å². The van der Waals surface area contributed by atoms with Crippen LogP contribution >= 0.6 is 7.82 Å². The molecule has 0 radical (unpaired) electrons. The summed E-state index contributed by atoms with van der Waals surface area (Å²) < 4.78 is 33.1. The summed E-state index contributed by atoms with van der Waals surface area (Å²) in [5, 5.41) is 0. The summed E-state index contributed by atoms with van der Waals surface area (Å²) in [7, 11) is -4.41. The Morgan fingerprint density at radius 1 is 0.383 bits per heavy atom. The molecule has 0 aliphatic carbocycles. The highest BCUT2D eigenvalue weighted by Gasteiger charge is 2.26. The zero-order valence-electron chi connectivity index (χ0n) is 52.5. The number of allylic oxidation sites excluding steroid dienone is 16. The van der Waals surface area contributed by atoms with E-state index in [1.54, 1.807) is 0 Å². The van der Waals surface area contributed by atoms with Gasteiger partial charge < -0.3 is 20.1 Å². The maximum absolute atomic E-state index is 12.7. The summed E-state index contributed by atoms with van der Waals surface area (Å²) in [6.45, 7) is 3.61. The van der Waals surface area contributed by atoms with Crippen LogP contribution < -0.4 is 5.73 Å². The van der Waals surface area contributed by atoms with E-state index in [1.165, 1.54) is 193 Å². The Hall–Kier alpha value is -3.07. The van der Waals surface area contributed by atoms with Crippen LogP contribution in [0.2, 0.25) is 0 Å². The molecular weight excluding hydrogens is 1030 g/mol. The highest BCUT2D eigenvalue weighted by Crippen LogP contribution is 2.43. The van der Waals surface area contributed by atoms with E-state index in [0.29, 0.717) is 6.42 Å². The predicted octanol–water partition coefficient (Wildman–Crippen LogP) is 22.0. The Balaban J connectivity index is 3.94. The van der Waals surface area contributed by atoms with Gasteiger partial charge >= 0.3 is 19.8 Å². The van der Waals surface area contributed by atoms with Gasteiger partial charge in [-0.3, -0.25) is 18.6 Å². The number of ether oxygens (including phenoxy) is 2. The van der Waals surface area contributed by atoms with Gasteiger partial charge in [0, 0.05) is 19.4 Å². The van der Waals surface area contributed by atoms with E-state index in [1.807, 2.05) is 0 Å². The summed E-state index contributed by atoms with van der Waals surface area (Å²) in [6, 6.07) is 0. The number of esters is 2. The van der Waals surface area contributed by atoms with E-state index in [0.717, 1.165) is 83.5 Å². The van der Waals surface area contributed by atoms with Gasteiger partial charge in [0.2, 0.25) is 0 Å². The molecule has 0 rings (SSSR count). The number of phosphoric ester groups is 1. The van der Waals surface area contributed by atoms with E-state index < -0.39 is 32.5 Å². The normalized spacial score (nSPS) is 13.6. The second-order valence-corrected chi connectivity index (χ2v) is 23.8. The van der Waals surface area contributed by atoms with E-state index in [9.17, 15) is 19.0 Å². The topological polar surface area (TPSA) is 134 Å². The minimum Gasteiger partial charge on any atom is -0.462 e. The molecule has 2 unspecified atom stereocenters. The van der Waals surface area contributed by atoms with E-state index in [4.69, 9.17) is 24.3 Å². The minimum atomic E-state index is -4.41. The molecule has 10 heteroatoms.